The summed E-state index contributed by atoms with van der Waals surface area (Å²) in [5.41, 5.74) is 0.498. The Morgan fingerprint density at radius 3 is 2.80 bits per heavy atom. The van der Waals surface area contributed by atoms with Crippen molar-refractivity contribution in [1.82, 2.24) is 4.98 Å². The molecule has 0 aliphatic carbocycles. The summed E-state index contributed by atoms with van der Waals surface area (Å²) in [6.45, 7) is 2.30. The number of rotatable bonds is 5. The minimum absolute atomic E-state index is 0.00128. The number of benzene rings is 1. The Bertz CT molecular complexity index is 634. The van der Waals surface area contributed by atoms with Crippen molar-refractivity contribution in [3.8, 4) is 5.88 Å². The quantitative estimate of drug-likeness (QED) is 0.851. The molecule has 1 atom stereocenters. The van der Waals surface area contributed by atoms with Crippen LogP contribution in [0.4, 0.5) is 8.78 Å². The largest absolute Gasteiger partial charge is 0.478 e. The molecule has 0 radical (unpaired) electrons. The molecular weight excluding hydrogens is 284 g/mol. The maximum absolute atomic E-state index is 13.5. The zero-order valence-corrected chi connectivity index (χ0v) is 11.6. The van der Waals surface area contributed by atoms with Crippen LogP contribution in [-0.4, -0.2) is 15.8 Å². The molecule has 0 amide bonds. The van der Waals surface area contributed by atoms with Crippen LogP contribution < -0.4 is 4.74 Å². The van der Waals surface area contributed by atoms with E-state index in [0.29, 0.717) is 18.2 Å². The number of nitrogens with zero attached hydrogens (tertiary/aromatic N) is 1. The van der Waals surface area contributed by atoms with Gasteiger partial charge in [-0.25, -0.2) is 13.8 Å². The van der Waals surface area contributed by atoms with Crippen LogP contribution in [0.3, 0.4) is 0 Å². The van der Waals surface area contributed by atoms with Crippen molar-refractivity contribution < 1.29 is 17.7 Å². The first-order valence-corrected chi connectivity index (χ1v) is 7.34. The molecule has 0 fully saturated rings. The summed E-state index contributed by atoms with van der Waals surface area (Å²) in [6.07, 6.45) is 0. The van der Waals surface area contributed by atoms with Gasteiger partial charge in [0.15, 0.2) is 0 Å². The second-order valence-electron chi connectivity index (χ2n) is 3.96. The minimum Gasteiger partial charge on any atom is -0.478 e. The van der Waals surface area contributed by atoms with Gasteiger partial charge in [-0.3, -0.25) is 4.21 Å². The Balaban J connectivity index is 2.19. The molecule has 3 nitrogen and oxygen atoms in total. The van der Waals surface area contributed by atoms with E-state index < -0.39 is 22.4 Å². The summed E-state index contributed by atoms with van der Waals surface area (Å²) in [4.78, 5) is 3.99. The Morgan fingerprint density at radius 1 is 1.25 bits per heavy atom. The summed E-state index contributed by atoms with van der Waals surface area (Å²) >= 11 is 0. The van der Waals surface area contributed by atoms with Gasteiger partial charge in [-0.15, -0.1) is 0 Å². The highest BCUT2D eigenvalue weighted by Gasteiger charge is 2.13. The van der Waals surface area contributed by atoms with Gasteiger partial charge in [0.25, 0.3) is 0 Å². The lowest BCUT2D eigenvalue weighted by atomic mass is 10.3. The summed E-state index contributed by atoms with van der Waals surface area (Å²) in [6, 6.07) is 7.96. The standard InChI is InChI=1S/C14H13F2NO2S/c1-2-19-14-5-3-4-11(17-14)9-20(18)13-8-10(15)6-7-12(13)16/h3-8H,2,9H2,1H3/t20-/m1/s1. The fourth-order valence-corrected chi connectivity index (χ4v) is 2.74. The number of ether oxygens (including phenoxy) is 1. The first-order valence-electron chi connectivity index (χ1n) is 6.02. The molecular formula is C14H13F2NO2S. The van der Waals surface area contributed by atoms with Crippen LogP contribution >= 0.6 is 0 Å². The fraction of sp³-hybridized carbons (Fsp3) is 0.214. The van der Waals surface area contributed by atoms with Gasteiger partial charge in [-0.05, 0) is 31.2 Å². The summed E-state index contributed by atoms with van der Waals surface area (Å²) in [5, 5.41) is 0. The Morgan fingerprint density at radius 2 is 2.05 bits per heavy atom. The fourth-order valence-electron chi connectivity index (χ4n) is 1.63. The molecule has 1 aromatic heterocycles. The molecule has 0 aliphatic heterocycles. The van der Waals surface area contributed by atoms with Crippen molar-refractivity contribution in [1.29, 1.82) is 0 Å². The summed E-state index contributed by atoms with van der Waals surface area (Å²) in [5.74, 6) is -0.889. The lowest BCUT2D eigenvalue weighted by Gasteiger charge is -2.06. The van der Waals surface area contributed by atoms with Crippen LogP contribution in [0.15, 0.2) is 41.3 Å². The van der Waals surface area contributed by atoms with Gasteiger partial charge in [0.2, 0.25) is 5.88 Å². The topological polar surface area (TPSA) is 39.2 Å². The van der Waals surface area contributed by atoms with E-state index in [9.17, 15) is 13.0 Å². The van der Waals surface area contributed by atoms with E-state index in [1.54, 1.807) is 18.2 Å². The Kier molecular flexibility index (Phi) is 4.79. The summed E-state index contributed by atoms with van der Waals surface area (Å²) in [7, 11) is -1.70. The average molecular weight is 297 g/mol. The van der Waals surface area contributed by atoms with Crippen molar-refractivity contribution in [2.75, 3.05) is 6.61 Å². The number of hydrogen-bond donors (Lipinski definition) is 0. The monoisotopic (exact) mass is 297 g/mol. The molecule has 1 heterocycles. The third-order valence-electron chi connectivity index (χ3n) is 2.49. The van der Waals surface area contributed by atoms with E-state index in [1.807, 2.05) is 6.92 Å². The van der Waals surface area contributed by atoms with Crippen molar-refractivity contribution >= 4 is 10.8 Å². The van der Waals surface area contributed by atoms with Gasteiger partial charge in [-0.1, -0.05) is 6.07 Å². The Labute approximate surface area is 118 Å². The first-order chi connectivity index (χ1) is 9.60. The van der Waals surface area contributed by atoms with Crippen molar-refractivity contribution in [2.45, 2.75) is 17.6 Å². The van der Waals surface area contributed by atoms with E-state index in [1.165, 1.54) is 0 Å². The van der Waals surface area contributed by atoms with Gasteiger partial charge in [0.1, 0.15) is 11.6 Å². The maximum atomic E-state index is 13.5. The highest BCUT2D eigenvalue weighted by molar-refractivity contribution is 7.84. The van der Waals surface area contributed by atoms with E-state index in [4.69, 9.17) is 4.74 Å². The van der Waals surface area contributed by atoms with Gasteiger partial charge in [-0.2, -0.15) is 0 Å². The molecule has 2 aromatic rings. The highest BCUT2D eigenvalue weighted by Crippen LogP contribution is 2.18. The van der Waals surface area contributed by atoms with Crippen molar-refractivity contribution in [3.63, 3.8) is 0 Å². The van der Waals surface area contributed by atoms with Crippen LogP contribution in [0, 0.1) is 11.6 Å². The lowest BCUT2D eigenvalue weighted by molar-refractivity contribution is 0.326. The van der Waals surface area contributed by atoms with Crippen LogP contribution in [0.5, 0.6) is 5.88 Å². The molecule has 0 N–H and O–H groups in total. The third-order valence-corrected chi connectivity index (χ3v) is 3.85. The number of pyridine rings is 1. The minimum atomic E-state index is -1.70. The molecule has 6 heteroatoms. The lowest BCUT2D eigenvalue weighted by Crippen LogP contribution is -2.03. The first kappa shape index (κ1) is 14.6. The molecule has 1 aromatic carbocycles. The molecule has 0 unspecified atom stereocenters. The van der Waals surface area contributed by atoms with Crippen LogP contribution in [0.25, 0.3) is 0 Å². The van der Waals surface area contributed by atoms with Crippen LogP contribution in [0.2, 0.25) is 0 Å². The molecule has 2 rings (SSSR count). The molecule has 0 saturated heterocycles. The molecule has 0 spiro atoms. The molecule has 20 heavy (non-hydrogen) atoms. The number of aromatic nitrogens is 1. The molecule has 106 valence electrons. The van der Waals surface area contributed by atoms with E-state index in [-0.39, 0.29) is 10.6 Å². The van der Waals surface area contributed by atoms with Gasteiger partial charge >= 0.3 is 0 Å². The SMILES string of the molecule is CCOc1cccc(C[S@@](=O)c2cc(F)ccc2F)n1. The Hall–Kier alpha value is -1.82. The van der Waals surface area contributed by atoms with Crippen LogP contribution in [-0.2, 0) is 16.6 Å². The van der Waals surface area contributed by atoms with Crippen molar-refractivity contribution in [3.05, 3.63) is 53.7 Å². The maximum Gasteiger partial charge on any atom is 0.213 e. The summed E-state index contributed by atoms with van der Waals surface area (Å²) < 4.78 is 43.9. The molecule has 0 saturated carbocycles. The van der Waals surface area contributed by atoms with Gasteiger partial charge in [0.05, 0.1) is 33.7 Å². The highest BCUT2D eigenvalue weighted by atomic mass is 32.2. The zero-order valence-electron chi connectivity index (χ0n) is 10.8. The zero-order chi connectivity index (χ0) is 14.5. The third kappa shape index (κ3) is 3.60. The molecule has 0 aliphatic rings. The van der Waals surface area contributed by atoms with Crippen molar-refractivity contribution in [2.24, 2.45) is 0 Å². The van der Waals surface area contributed by atoms with E-state index in [2.05, 4.69) is 4.98 Å². The van der Waals surface area contributed by atoms with Gasteiger partial charge < -0.3 is 4.74 Å². The number of halogens is 2. The van der Waals surface area contributed by atoms with Gasteiger partial charge in [0, 0.05) is 6.07 Å². The smallest absolute Gasteiger partial charge is 0.213 e. The predicted octanol–water partition coefficient (Wildman–Crippen LogP) is 3.07. The molecule has 0 bridgehead atoms. The number of hydrogen-bond acceptors (Lipinski definition) is 3. The second-order valence-corrected chi connectivity index (χ2v) is 5.38. The van der Waals surface area contributed by atoms with E-state index in [0.717, 1.165) is 18.2 Å². The van der Waals surface area contributed by atoms with E-state index >= 15 is 0 Å². The average Bonchev–Trinajstić information content (AvgIpc) is 2.42. The predicted molar refractivity (Wildman–Crippen MR) is 71.9 cm³/mol. The normalized spacial score (nSPS) is 12.2. The second kappa shape index (κ2) is 6.56. The van der Waals surface area contributed by atoms with Crippen LogP contribution in [0.1, 0.15) is 12.6 Å².